The first-order valence-electron chi connectivity index (χ1n) is 7.06. The molecule has 0 bridgehead atoms. The maximum atomic E-state index is 13.4. The van der Waals surface area contributed by atoms with Crippen molar-refractivity contribution in [2.24, 2.45) is 0 Å². The first-order chi connectivity index (χ1) is 11.0. The zero-order valence-corrected chi connectivity index (χ0v) is 12.4. The van der Waals surface area contributed by atoms with Crippen molar-refractivity contribution in [3.8, 4) is 0 Å². The van der Waals surface area contributed by atoms with E-state index >= 15 is 0 Å². The summed E-state index contributed by atoms with van der Waals surface area (Å²) >= 11 is 0. The van der Waals surface area contributed by atoms with Gasteiger partial charge in [0.05, 0.1) is 12.1 Å². The standard InChI is InChI=1S/C17H14FN3O2/c1-10(22)13-5-4-12(18)8-15(13)21-16(23)7-11-9-20-17-14(11)3-2-6-19-17/h2-6,8-9H,7H2,1H3,(H,19,20)(H,21,23). The Bertz CT molecular complexity index is 902. The summed E-state index contributed by atoms with van der Waals surface area (Å²) in [7, 11) is 0. The van der Waals surface area contributed by atoms with Gasteiger partial charge in [0, 0.05) is 23.3 Å². The summed E-state index contributed by atoms with van der Waals surface area (Å²) in [5.41, 5.74) is 1.94. The number of anilines is 1. The molecule has 2 aromatic heterocycles. The van der Waals surface area contributed by atoms with E-state index in [2.05, 4.69) is 15.3 Å². The van der Waals surface area contributed by atoms with Gasteiger partial charge in [-0.15, -0.1) is 0 Å². The van der Waals surface area contributed by atoms with Gasteiger partial charge >= 0.3 is 0 Å². The molecule has 0 saturated carbocycles. The van der Waals surface area contributed by atoms with Crippen LogP contribution in [0.3, 0.4) is 0 Å². The third kappa shape index (κ3) is 3.11. The summed E-state index contributed by atoms with van der Waals surface area (Å²) in [6.07, 6.45) is 3.48. The van der Waals surface area contributed by atoms with Gasteiger partial charge in [-0.2, -0.15) is 0 Å². The molecule has 0 radical (unpaired) electrons. The number of Topliss-reactive ketones (excluding diaryl/α,β-unsaturated/α-hetero) is 1. The number of pyridine rings is 1. The number of aromatic amines is 1. The Morgan fingerprint density at radius 3 is 2.91 bits per heavy atom. The number of halogens is 1. The number of fused-ring (bicyclic) bond motifs is 1. The van der Waals surface area contributed by atoms with Gasteiger partial charge in [-0.3, -0.25) is 9.59 Å². The zero-order chi connectivity index (χ0) is 16.4. The predicted octanol–water partition coefficient (Wildman–Crippen LogP) is 3.09. The smallest absolute Gasteiger partial charge is 0.228 e. The number of H-pyrrole nitrogens is 1. The quantitative estimate of drug-likeness (QED) is 0.727. The van der Waals surface area contributed by atoms with Crippen LogP contribution in [0.1, 0.15) is 22.8 Å². The van der Waals surface area contributed by atoms with Gasteiger partial charge < -0.3 is 10.3 Å². The van der Waals surface area contributed by atoms with Crippen LogP contribution in [0.25, 0.3) is 11.0 Å². The van der Waals surface area contributed by atoms with E-state index in [0.717, 1.165) is 17.0 Å². The number of carbonyl (C=O) groups excluding carboxylic acids is 2. The summed E-state index contributed by atoms with van der Waals surface area (Å²) in [6, 6.07) is 7.36. The van der Waals surface area contributed by atoms with E-state index in [1.807, 2.05) is 6.07 Å². The molecule has 0 atom stereocenters. The molecule has 5 nitrogen and oxygen atoms in total. The molecule has 1 aromatic carbocycles. The van der Waals surface area contributed by atoms with Gasteiger partial charge in [-0.25, -0.2) is 9.37 Å². The lowest BCUT2D eigenvalue weighted by Gasteiger charge is -2.09. The topological polar surface area (TPSA) is 74.8 Å². The molecule has 6 heteroatoms. The van der Waals surface area contributed by atoms with E-state index in [1.165, 1.54) is 19.1 Å². The molecule has 23 heavy (non-hydrogen) atoms. The summed E-state index contributed by atoms with van der Waals surface area (Å²) < 4.78 is 13.4. The molecule has 1 amide bonds. The fourth-order valence-electron chi connectivity index (χ4n) is 2.45. The minimum Gasteiger partial charge on any atom is -0.346 e. The second kappa shape index (κ2) is 6.00. The van der Waals surface area contributed by atoms with Crippen molar-refractivity contribution in [3.63, 3.8) is 0 Å². The Balaban J connectivity index is 1.83. The van der Waals surface area contributed by atoms with Crippen LogP contribution in [0.2, 0.25) is 0 Å². The van der Waals surface area contributed by atoms with E-state index in [4.69, 9.17) is 0 Å². The van der Waals surface area contributed by atoms with Crippen LogP contribution in [-0.4, -0.2) is 21.7 Å². The van der Waals surface area contributed by atoms with Gasteiger partial charge in [0.2, 0.25) is 5.91 Å². The molecule has 3 aromatic rings. The second-order valence-corrected chi connectivity index (χ2v) is 5.18. The highest BCUT2D eigenvalue weighted by atomic mass is 19.1. The Morgan fingerprint density at radius 1 is 1.30 bits per heavy atom. The predicted molar refractivity (Wildman–Crippen MR) is 84.8 cm³/mol. The van der Waals surface area contributed by atoms with E-state index in [9.17, 15) is 14.0 Å². The largest absolute Gasteiger partial charge is 0.346 e. The monoisotopic (exact) mass is 311 g/mol. The maximum absolute atomic E-state index is 13.4. The van der Waals surface area contributed by atoms with Crippen LogP contribution < -0.4 is 5.32 Å². The van der Waals surface area contributed by atoms with Gasteiger partial charge in [0.25, 0.3) is 0 Å². The number of benzene rings is 1. The number of amides is 1. The van der Waals surface area contributed by atoms with Crippen LogP contribution in [0.15, 0.2) is 42.7 Å². The SMILES string of the molecule is CC(=O)c1ccc(F)cc1NC(=O)Cc1c[nH]c2ncccc12. The van der Waals surface area contributed by atoms with Crippen molar-refractivity contribution >= 4 is 28.4 Å². The minimum absolute atomic E-state index is 0.0968. The molecule has 0 aliphatic heterocycles. The third-order valence-corrected chi connectivity index (χ3v) is 3.52. The Labute approximate surface area is 131 Å². The first kappa shape index (κ1) is 14.9. The van der Waals surface area contributed by atoms with E-state index in [1.54, 1.807) is 18.5 Å². The van der Waals surface area contributed by atoms with Crippen molar-refractivity contribution in [1.29, 1.82) is 0 Å². The molecule has 0 aliphatic carbocycles. The molecule has 2 N–H and O–H groups in total. The van der Waals surface area contributed by atoms with Gasteiger partial charge in [-0.05, 0) is 42.8 Å². The Hall–Kier alpha value is -3.02. The fraction of sp³-hybridized carbons (Fsp3) is 0.118. The fourth-order valence-corrected chi connectivity index (χ4v) is 2.45. The van der Waals surface area contributed by atoms with Gasteiger partial charge in [0.15, 0.2) is 5.78 Å². The van der Waals surface area contributed by atoms with Crippen molar-refractivity contribution < 1.29 is 14.0 Å². The average molecular weight is 311 g/mol. The molecule has 0 unspecified atom stereocenters. The molecule has 0 saturated heterocycles. The van der Waals surface area contributed by atoms with Crippen LogP contribution >= 0.6 is 0 Å². The number of aromatic nitrogens is 2. The third-order valence-electron chi connectivity index (χ3n) is 3.52. The summed E-state index contributed by atoms with van der Waals surface area (Å²) in [5.74, 6) is -1.08. The summed E-state index contributed by atoms with van der Waals surface area (Å²) in [4.78, 5) is 30.9. The second-order valence-electron chi connectivity index (χ2n) is 5.18. The summed E-state index contributed by atoms with van der Waals surface area (Å²) in [6.45, 7) is 1.37. The molecule has 2 heterocycles. The van der Waals surface area contributed by atoms with Crippen LogP contribution in [0, 0.1) is 5.82 Å². The van der Waals surface area contributed by atoms with Gasteiger partial charge in [-0.1, -0.05) is 0 Å². The highest BCUT2D eigenvalue weighted by molar-refractivity contribution is 6.04. The van der Waals surface area contributed by atoms with Crippen LogP contribution in [0.4, 0.5) is 10.1 Å². The van der Waals surface area contributed by atoms with Crippen LogP contribution in [-0.2, 0) is 11.2 Å². The normalized spacial score (nSPS) is 10.7. The van der Waals surface area contributed by atoms with E-state index in [-0.39, 0.29) is 29.4 Å². The molecule has 0 spiro atoms. The highest BCUT2D eigenvalue weighted by Crippen LogP contribution is 2.20. The number of nitrogens with zero attached hydrogens (tertiary/aromatic N) is 1. The minimum atomic E-state index is -0.512. The number of hydrogen-bond acceptors (Lipinski definition) is 3. The molecule has 3 rings (SSSR count). The van der Waals surface area contributed by atoms with Crippen molar-refractivity contribution in [2.75, 3.05) is 5.32 Å². The Morgan fingerprint density at radius 2 is 2.13 bits per heavy atom. The number of hydrogen-bond donors (Lipinski definition) is 2. The Kier molecular flexibility index (Phi) is 3.89. The average Bonchev–Trinajstić information content (AvgIpc) is 2.90. The number of rotatable bonds is 4. The lowest BCUT2D eigenvalue weighted by Crippen LogP contribution is -2.16. The lowest BCUT2D eigenvalue weighted by molar-refractivity contribution is -0.115. The van der Waals surface area contributed by atoms with Gasteiger partial charge in [0.1, 0.15) is 11.5 Å². The van der Waals surface area contributed by atoms with Crippen molar-refractivity contribution in [1.82, 2.24) is 9.97 Å². The van der Waals surface area contributed by atoms with Crippen molar-refractivity contribution in [3.05, 3.63) is 59.7 Å². The number of ketones is 1. The molecular weight excluding hydrogens is 297 g/mol. The summed E-state index contributed by atoms with van der Waals surface area (Å²) in [5, 5.41) is 3.46. The number of nitrogens with one attached hydrogen (secondary N) is 2. The molecule has 0 aliphatic rings. The maximum Gasteiger partial charge on any atom is 0.228 e. The highest BCUT2D eigenvalue weighted by Gasteiger charge is 2.13. The van der Waals surface area contributed by atoms with E-state index < -0.39 is 5.82 Å². The van der Waals surface area contributed by atoms with E-state index in [0.29, 0.717) is 5.65 Å². The zero-order valence-electron chi connectivity index (χ0n) is 12.4. The molecule has 0 fully saturated rings. The van der Waals surface area contributed by atoms with Crippen molar-refractivity contribution in [2.45, 2.75) is 13.3 Å². The first-order valence-corrected chi connectivity index (χ1v) is 7.06. The molecular formula is C17H14FN3O2. The number of carbonyl (C=O) groups is 2. The molecule has 116 valence electrons. The van der Waals surface area contributed by atoms with Crippen LogP contribution in [0.5, 0.6) is 0 Å². The lowest BCUT2D eigenvalue weighted by atomic mass is 10.1.